The number of nitrogen functional groups attached to an aromatic ring is 1. The molecule has 18 nitrogen and oxygen atoms in total. The summed E-state index contributed by atoms with van der Waals surface area (Å²) in [7, 11) is 0. The molecule has 5 N–H and O–H groups in total. The number of hydrogen-bond acceptors (Lipinski definition) is 16. The fraction of sp³-hybridized carbons (Fsp3) is 0.455. The van der Waals surface area contributed by atoms with Crippen LogP contribution < -0.4 is 10.8 Å². The highest BCUT2D eigenvalue weighted by Gasteiger charge is 2.58. The minimum atomic E-state index is -1.78. The molecule has 2 bridgehead atoms. The number of carboxylic acids is 2. The second-order valence-electron chi connectivity index (χ2n) is 14.5. The van der Waals surface area contributed by atoms with Gasteiger partial charge in [-0.2, -0.15) is 0 Å². The van der Waals surface area contributed by atoms with Crippen LogP contribution in [-0.2, 0) is 28.9 Å². The largest absolute Gasteiger partial charge is 0.543 e. The number of quaternary nitrogens is 1. The summed E-state index contributed by atoms with van der Waals surface area (Å²) in [6.45, 7) is 4.76. The molecule has 280 valence electrons. The maximum Gasteiger partial charge on any atom is 0.350 e. The lowest BCUT2D eigenvalue weighted by Crippen LogP contribution is -2.63. The van der Waals surface area contributed by atoms with E-state index in [9.17, 15) is 49.2 Å². The Balaban J connectivity index is 1.03. The molecule has 0 spiro atoms. The number of rotatable bonds is 13. The summed E-state index contributed by atoms with van der Waals surface area (Å²) in [5.41, 5.74) is 3.42. The smallest absolute Gasteiger partial charge is 0.350 e. The van der Waals surface area contributed by atoms with Gasteiger partial charge in [0.25, 0.3) is 11.8 Å². The van der Waals surface area contributed by atoms with Gasteiger partial charge in [-0.05, 0) is 26.0 Å². The number of aromatic nitrogens is 1. The number of phenols is 2. The molecule has 53 heavy (non-hydrogen) atoms. The summed E-state index contributed by atoms with van der Waals surface area (Å²) in [5.74, 6) is -7.30. The number of β-lactam (4-membered cyclic amide) rings is 1. The maximum atomic E-state index is 13.5. The van der Waals surface area contributed by atoms with Crippen LogP contribution in [0.15, 0.2) is 33.9 Å². The van der Waals surface area contributed by atoms with Gasteiger partial charge in [0, 0.05) is 36.0 Å². The molecule has 5 aliphatic rings. The number of fused-ring (bicyclic) bond motifs is 4. The molecule has 0 radical (unpaired) electrons. The second kappa shape index (κ2) is 12.8. The second-order valence-corrected chi connectivity index (χ2v) is 16.5. The van der Waals surface area contributed by atoms with Gasteiger partial charge in [-0.15, -0.1) is 28.2 Å². The van der Waals surface area contributed by atoms with Crippen LogP contribution in [0.2, 0.25) is 0 Å². The third-order valence-corrected chi connectivity index (χ3v) is 12.6. The number of carbonyl (C=O) groups is 6. The van der Waals surface area contributed by atoms with E-state index in [-0.39, 0.29) is 52.1 Å². The first-order chi connectivity index (χ1) is 24.9. The first kappa shape index (κ1) is 36.3. The Kier molecular flexibility index (Phi) is 8.78. The molecule has 6 heterocycles. The predicted molar refractivity (Wildman–Crippen MR) is 182 cm³/mol. The van der Waals surface area contributed by atoms with Crippen molar-refractivity contribution in [1.29, 1.82) is 0 Å². The fourth-order valence-corrected chi connectivity index (χ4v) is 9.59. The van der Waals surface area contributed by atoms with E-state index < -0.39 is 69.3 Å². The number of nitrogens with two attached hydrogens (primary N) is 1. The van der Waals surface area contributed by atoms with E-state index in [2.05, 4.69) is 10.1 Å². The average Bonchev–Trinajstić information content (AvgIpc) is 3.85. The molecular formula is C33H34N6O12S2. The molecular weight excluding hydrogens is 737 g/mol. The van der Waals surface area contributed by atoms with Crippen LogP contribution in [0.1, 0.15) is 59.5 Å². The molecule has 2 aromatic rings. The fourth-order valence-electron chi connectivity index (χ4n) is 7.64. The zero-order chi connectivity index (χ0) is 38.2. The minimum absolute atomic E-state index is 0.0393. The van der Waals surface area contributed by atoms with E-state index in [4.69, 9.17) is 15.4 Å². The first-order valence-electron chi connectivity index (χ1n) is 16.5. The number of carbonyl (C=O) groups excluding carboxylic acids is 5. The molecule has 7 rings (SSSR count). The van der Waals surface area contributed by atoms with Gasteiger partial charge < -0.3 is 40.3 Å². The average molecular weight is 771 g/mol. The van der Waals surface area contributed by atoms with Crippen LogP contribution in [0.5, 0.6) is 11.5 Å². The number of oxime groups is 1. The molecule has 5 aliphatic heterocycles. The number of amides is 3. The molecule has 1 aromatic carbocycles. The first-order valence-corrected chi connectivity index (χ1v) is 18.4. The van der Waals surface area contributed by atoms with Crippen molar-refractivity contribution in [3.63, 3.8) is 0 Å². The molecule has 0 saturated carbocycles. The number of aromatic hydroxyl groups is 2. The molecule has 3 fully saturated rings. The van der Waals surface area contributed by atoms with Crippen LogP contribution in [0, 0.1) is 11.3 Å². The number of hydrogen-bond donors (Lipinski definition) is 4. The van der Waals surface area contributed by atoms with Crippen molar-refractivity contribution in [2.45, 2.75) is 44.1 Å². The normalized spacial score (nSPS) is 26.5. The minimum Gasteiger partial charge on any atom is -0.543 e. The number of aliphatic carboxylic acids is 2. The number of thioether (sulfide) groups is 1. The highest BCUT2D eigenvalue weighted by atomic mass is 32.2. The Bertz CT molecular complexity index is 2010. The Morgan fingerprint density at radius 1 is 1.13 bits per heavy atom. The van der Waals surface area contributed by atoms with Crippen LogP contribution in [0.3, 0.4) is 0 Å². The number of hydroxylamine groups is 2. The summed E-state index contributed by atoms with van der Waals surface area (Å²) in [6.07, 6.45) is 0.986. The van der Waals surface area contributed by atoms with E-state index in [0.29, 0.717) is 54.1 Å². The van der Waals surface area contributed by atoms with Crippen molar-refractivity contribution in [3.05, 3.63) is 45.6 Å². The van der Waals surface area contributed by atoms with Crippen molar-refractivity contribution < 1.29 is 63.4 Å². The Hall–Kier alpha value is -5.05. The Labute approximate surface area is 309 Å². The number of Topliss-reactive ketones (excluding diaryl/α,β-unsaturated/α-hetero) is 1. The van der Waals surface area contributed by atoms with E-state index in [1.54, 1.807) is 0 Å². The predicted octanol–water partition coefficient (Wildman–Crippen LogP) is 0.0533. The lowest BCUT2D eigenvalue weighted by molar-refractivity contribution is -0.905. The highest BCUT2D eigenvalue weighted by Crippen LogP contribution is 2.50. The third kappa shape index (κ3) is 6.17. The molecule has 3 amide bonds. The third-order valence-electron chi connectivity index (χ3n) is 10.5. The zero-order valence-electron chi connectivity index (χ0n) is 28.4. The lowest BCUT2D eigenvalue weighted by Gasteiger charge is -2.51. The molecule has 1 aromatic heterocycles. The van der Waals surface area contributed by atoms with Gasteiger partial charge in [-0.1, -0.05) is 5.16 Å². The van der Waals surface area contributed by atoms with Crippen molar-refractivity contribution >= 4 is 69.4 Å². The van der Waals surface area contributed by atoms with Crippen LogP contribution in [0.4, 0.5) is 5.13 Å². The SMILES string of the molecule is CC(C)(O/N=C(\C(=O)C[C@@H]1C(=O)N2C(C(=O)[O-])=C(C[N+]34CCC(CON5C(=O)c6cc(O)c(O)cc6C5=O)(CC3)C4)CS[C@H]12)c1csc(N)n1)C(=O)O. The van der Waals surface area contributed by atoms with Crippen LogP contribution in [-0.4, -0.2) is 125 Å². The topological polar surface area (TPSA) is 262 Å². The summed E-state index contributed by atoms with van der Waals surface area (Å²) >= 11 is 2.35. The highest BCUT2D eigenvalue weighted by molar-refractivity contribution is 8.00. The van der Waals surface area contributed by atoms with Gasteiger partial charge >= 0.3 is 5.97 Å². The van der Waals surface area contributed by atoms with Crippen LogP contribution in [0.25, 0.3) is 0 Å². The summed E-state index contributed by atoms with van der Waals surface area (Å²) in [6, 6.07) is 2.03. The number of thiazole rings is 1. The Morgan fingerprint density at radius 2 is 1.77 bits per heavy atom. The zero-order valence-corrected chi connectivity index (χ0v) is 30.0. The summed E-state index contributed by atoms with van der Waals surface area (Å²) < 4.78 is 0.512. The van der Waals surface area contributed by atoms with Gasteiger partial charge in [0.05, 0.1) is 65.7 Å². The number of nitrogens with zero attached hydrogens (tertiary/aromatic N) is 5. The van der Waals surface area contributed by atoms with E-state index >= 15 is 0 Å². The summed E-state index contributed by atoms with van der Waals surface area (Å²) in [5, 5.41) is 46.9. The number of piperidine rings is 1. The van der Waals surface area contributed by atoms with Crippen molar-refractivity contribution in [2.24, 2.45) is 16.5 Å². The van der Waals surface area contributed by atoms with Crippen molar-refractivity contribution in [3.8, 4) is 11.5 Å². The molecule has 0 aliphatic carbocycles. The van der Waals surface area contributed by atoms with Gasteiger partial charge in [-0.25, -0.2) is 9.78 Å². The number of phenolic OH excluding ortho intramolecular Hbond substituents is 2. The van der Waals surface area contributed by atoms with Crippen molar-refractivity contribution in [1.82, 2.24) is 14.9 Å². The number of benzene rings is 1. The molecule has 0 unspecified atom stereocenters. The van der Waals surface area contributed by atoms with Gasteiger partial charge in [0.15, 0.2) is 28.1 Å². The number of imide groups is 1. The number of anilines is 1. The standard InChI is InChI=1S/C33H34N6O12S2/c1-32(2,30(48)49)51-36-23(19-12-53-31(34)35-19)22(42)9-18-25(43)37-24(29(46)47)15(11-52-28(18)37)10-39-5-3-33(13-39,4-6-39)14-50-38-26(44)16-7-20(40)21(41)8-17(16)27(38)45/h7-8,12,18,28H,3-6,9-11,13-14H2,1-2H3,(H5-,34,35,36,40,41,42,44,45,46,47,48,49)/t18-,28-,33?,39?/m1/s1. The molecule has 3 saturated heterocycles. The van der Waals surface area contributed by atoms with Crippen LogP contribution >= 0.6 is 23.1 Å². The molecule has 2 atom stereocenters. The van der Waals surface area contributed by atoms with E-state index in [1.165, 1.54) is 31.0 Å². The summed E-state index contributed by atoms with van der Waals surface area (Å²) in [4.78, 5) is 93.1. The van der Waals surface area contributed by atoms with Crippen molar-refractivity contribution in [2.75, 3.05) is 44.3 Å². The number of carboxylic acid groups (broad SMARTS) is 2. The van der Waals surface area contributed by atoms with Gasteiger partial charge in [0.2, 0.25) is 11.5 Å². The maximum absolute atomic E-state index is 13.5. The Morgan fingerprint density at radius 3 is 2.34 bits per heavy atom. The number of ketones is 1. The van der Waals surface area contributed by atoms with Gasteiger partial charge in [0.1, 0.15) is 12.2 Å². The van der Waals surface area contributed by atoms with E-state index in [0.717, 1.165) is 28.4 Å². The molecule has 20 heteroatoms. The lowest BCUT2D eigenvalue weighted by atomic mass is 9.86. The quantitative estimate of drug-likeness (QED) is 0.0524. The monoisotopic (exact) mass is 770 g/mol. The van der Waals surface area contributed by atoms with E-state index in [1.807, 2.05) is 0 Å². The van der Waals surface area contributed by atoms with Gasteiger partial charge in [-0.3, -0.25) is 28.9 Å².